The van der Waals surface area contributed by atoms with Crippen molar-refractivity contribution in [2.45, 2.75) is 33.2 Å². The summed E-state index contributed by atoms with van der Waals surface area (Å²) in [6, 6.07) is 0.0584. The molecule has 0 aromatic carbocycles. The van der Waals surface area contributed by atoms with E-state index >= 15 is 0 Å². The Kier molecular flexibility index (Phi) is 3.66. The van der Waals surface area contributed by atoms with Crippen LogP contribution in [0.15, 0.2) is 6.20 Å². The van der Waals surface area contributed by atoms with E-state index in [0.29, 0.717) is 6.54 Å². The highest BCUT2D eigenvalue weighted by molar-refractivity contribution is 5.74. The Labute approximate surface area is 102 Å². The lowest BCUT2D eigenvalue weighted by Gasteiger charge is -2.15. The Balaban J connectivity index is 1.73. The van der Waals surface area contributed by atoms with Crippen LogP contribution in [-0.2, 0) is 6.54 Å². The molecule has 0 radical (unpaired) electrons. The summed E-state index contributed by atoms with van der Waals surface area (Å²) >= 11 is 0. The van der Waals surface area contributed by atoms with Crippen molar-refractivity contribution < 1.29 is 4.79 Å². The number of urea groups is 1. The molecular formula is C12H20N4O. The molecule has 0 unspecified atom stereocenters. The maximum absolute atomic E-state index is 11.7. The summed E-state index contributed by atoms with van der Waals surface area (Å²) in [5.41, 5.74) is 2.24. The molecular weight excluding hydrogens is 216 g/mol. The van der Waals surface area contributed by atoms with Crippen LogP contribution in [0.25, 0.3) is 0 Å². The van der Waals surface area contributed by atoms with E-state index in [-0.39, 0.29) is 6.03 Å². The van der Waals surface area contributed by atoms with Gasteiger partial charge in [0.05, 0.1) is 12.2 Å². The molecule has 1 saturated heterocycles. The van der Waals surface area contributed by atoms with Gasteiger partial charge in [0.1, 0.15) is 0 Å². The van der Waals surface area contributed by atoms with Crippen LogP contribution in [0.5, 0.6) is 0 Å². The Morgan fingerprint density at radius 2 is 2.12 bits per heavy atom. The Hall–Kier alpha value is -1.52. The molecule has 2 amide bonds. The standard InChI is InChI=1S/C12H20N4O/c1-10-9-16(14-11(10)2)8-5-13-12(17)15-6-3-4-7-15/h9H,3-8H2,1-2H3,(H,13,17). The molecule has 0 atom stereocenters. The van der Waals surface area contributed by atoms with Crippen molar-refractivity contribution >= 4 is 6.03 Å². The molecule has 1 aliphatic rings. The largest absolute Gasteiger partial charge is 0.336 e. The Morgan fingerprint density at radius 3 is 2.71 bits per heavy atom. The van der Waals surface area contributed by atoms with Crippen LogP contribution in [0.3, 0.4) is 0 Å². The molecule has 1 aromatic heterocycles. The van der Waals surface area contributed by atoms with Gasteiger partial charge in [-0.3, -0.25) is 4.68 Å². The number of rotatable bonds is 3. The first-order valence-corrected chi connectivity index (χ1v) is 6.20. The number of hydrogen-bond acceptors (Lipinski definition) is 2. The lowest BCUT2D eigenvalue weighted by molar-refractivity contribution is 0.208. The minimum atomic E-state index is 0.0584. The fraction of sp³-hybridized carbons (Fsp3) is 0.667. The van der Waals surface area contributed by atoms with Crippen molar-refractivity contribution in [3.8, 4) is 0 Å². The van der Waals surface area contributed by atoms with E-state index in [1.54, 1.807) is 0 Å². The second-order valence-electron chi connectivity index (χ2n) is 4.59. The van der Waals surface area contributed by atoms with Gasteiger partial charge in [0, 0.05) is 25.8 Å². The van der Waals surface area contributed by atoms with Gasteiger partial charge >= 0.3 is 6.03 Å². The highest BCUT2D eigenvalue weighted by Crippen LogP contribution is 2.06. The van der Waals surface area contributed by atoms with Gasteiger partial charge in [0.15, 0.2) is 0 Å². The topological polar surface area (TPSA) is 50.2 Å². The average Bonchev–Trinajstić information content (AvgIpc) is 2.90. The first-order valence-electron chi connectivity index (χ1n) is 6.20. The molecule has 1 aliphatic heterocycles. The van der Waals surface area contributed by atoms with Crippen molar-refractivity contribution in [1.82, 2.24) is 20.0 Å². The molecule has 1 fully saturated rings. The summed E-state index contributed by atoms with van der Waals surface area (Å²) in [6.45, 7) is 7.19. The molecule has 0 saturated carbocycles. The average molecular weight is 236 g/mol. The number of likely N-dealkylation sites (tertiary alicyclic amines) is 1. The number of nitrogens with zero attached hydrogens (tertiary/aromatic N) is 3. The second kappa shape index (κ2) is 5.21. The minimum absolute atomic E-state index is 0.0584. The van der Waals surface area contributed by atoms with Gasteiger partial charge in [-0.25, -0.2) is 4.79 Å². The molecule has 0 bridgehead atoms. The number of nitrogens with one attached hydrogen (secondary N) is 1. The fourth-order valence-corrected chi connectivity index (χ4v) is 2.04. The lowest BCUT2D eigenvalue weighted by atomic mass is 10.3. The third-order valence-corrected chi connectivity index (χ3v) is 3.20. The van der Waals surface area contributed by atoms with Crippen LogP contribution in [-0.4, -0.2) is 40.3 Å². The Morgan fingerprint density at radius 1 is 1.41 bits per heavy atom. The number of aromatic nitrogens is 2. The minimum Gasteiger partial charge on any atom is -0.336 e. The summed E-state index contributed by atoms with van der Waals surface area (Å²) in [6.07, 6.45) is 4.27. The summed E-state index contributed by atoms with van der Waals surface area (Å²) in [4.78, 5) is 13.6. The molecule has 2 rings (SSSR count). The van der Waals surface area contributed by atoms with E-state index in [2.05, 4.69) is 10.4 Å². The van der Waals surface area contributed by atoms with E-state index in [9.17, 15) is 4.79 Å². The number of carbonyl (C=O) groups is 1. The quantitative estimate of drug-likeness (QED) is 0.860. The summed E-state index contributed by atoms with van der Waals surface area (Å²) < 4.78 is 1.88. The first kappa shape index (κ1) is 12.0. The monoisotopic (exact) mass is 236 g/mol. The Bertz CT molecular complexity index is 374. The van der Waals surface area contributed by atoms with Crippen molar-refractivity contribution in [1.29, 1.82) is 0 Å². The maximum atomic E-state index is 11.7. The zero-order valence-corrected chi connectivity index (χ0v) is 10.6. The lowest BCUT2D eigenvalue weighted by Crippen LogP contribution is -2.39. The summed E-state index contributed by atoms with van der Waals surface area (Å²) in [5, 5.41) is 7.28. The number of amides is 2. The molecule has 5 nitrogen and oxygen atoms in total. The second-order valence-corrected chi connectivity index (χ2v) is 4.59. The summed E-state index contributed by atoms with van der Waals surface area (Å²) in [5.74, 6) is 0. The maximum Gasteiger partial charge on any atom is 0.317 e. The number of aryl methyl sites for hydroxylation is 2. The van der Waals surface area contributed by atoms with Crippen LogP contribution < -0.4 is 5.32 Å². The van der Waals surface area contributed by atoms with E-state index in [1.807, 2.05) is 29.6 Å². The normalized spacial score (nSPS) is 15.3. The van der Waals surface area contributed by atoms with E-state index < -0.39 is 0 Å². The third kappa shape index (κ3) is 2.99. The van der Waals surface area contributed by atoms with Crippen LogP contribution in [0.2, 0.25) is 0 Å². The smallest absolute Gasteiger partial charge is 0.317 e. The first-order chi connectivity index (χ1) is 8.16. The zero-order chi connectivity index (χ0) is 12.3. The predicted octanol–water partition coefficient (Wildman–Crippen LogP) is 1.31. The number of carbonyl (C=O) groups excluding carboxylic acids is 1. The van der Waals surface area contributed by atoms with Gasteiger partial charge in [-0.15, -0.1) is 0 Å². The molecule has 0 spiro atoms. The SMILES string of the molecule is Cc1cn(CCNC(=O)N2CCCC2)nc1C. The molecule has 1 N–H and O–H groups in total. The van der Waals surface area contributed by atoms with Gasteiger partial charge < -0.3 is 10.2 Å². The van der Waals surface area contributed by atoms with Gasteiger partial charge in [-0.1, -0.05) is 0 Å². The van der Waals surface area contributed by atoms with Gasteiger partial charge in [-0.05, 0) is 32.3 Å². The molecule has 1 aromatic rings. The van der Waals surface area contributed by atoms with Gasteiger partial charge in [0.2, 0.25) is 0 Å². The van der Waals surface area contributed by atoms with Gasteiger partial charge in [0.25, 0.3) is 0 Å². The van der Waals surface area contributed by atoms with Crippen LogP contribution in [0.4, 0.5) is 4.79 Å². The molecule has 17 heavy (non-hydrogen) atoms. The number of hydrogen-bond donors (Lipinski definition) is 1. The molecule has 5 heteroatoms. The van der Waals surface area contributed by atoms with Crippen molar-refractivity contribution in [2.75, 3.05) is 19.6 Å². The van der Waals surface area contributed by atoms with Gasteiger partial charge in [-0.2, -0.15) is 5.10 Å². The van der Waals surface area contributed by atoms with Crippen molar-refractivity contribution in [3.05, 3.63) is 17.5 Å². The third-order valence-electron chi connectivity index (χ3n) is 3.20. The molecule has 2 heterocycles. The van der Waals surface area contributed by atoms with Crippen LogP contribution in [0, 0.1) is 13.8 Å². The molecule has 94 valence electrons. The summed E-state index contributed by atoms with van der Waals surface area (Å²) in [7, 11) is 0. The fourth-order valence-electron chi connectivity index (χ4n) is 2.04. The van der Waals surface area contributed by atoms with E-state index in [4.69, 9.17) is 0 Å². The highest BCUT2D eigenvalue weighted by atomic mass is 16.2. The van der Waals surface area contributed by atoms with Crippen molar-refractivity contribution in [3.63, 3.8) is 0 Å². The van der Waals surface area contributed by atoms with E-state index in [1.165, 1.54) is 5.56 Å². The van der Waals surface area contributed by atoms with Crippen LogP contribution in [0.1, 0.15) is 24.1 Å². The van der Waals surface area contributed by atoms with E-state index in [0.717, 1.165) is 38.2 Å². The van der Waals surface area contributed by atoms with Crippen molar-refractivity contribution in [2.24, 2.45) is 0 Å². The predicted molar refractivity (Wildman–Crippen MR) is 65.9 cm³/mol. The van der Waals surface area contributed by atoms with Crippen LogP contribution >= 0.6 is 0 Å². The highest BCUT2D eigenvalue weighted by Gasteiger charge is 2.16. The zero-order valence-electron chi connectivity index (χ0n) is 10.6. The molecule has 0 aliphatic carbocycles.